The number of nitrogens with zero attached hydrogens (tertiary/aromatic N) is 4. The number of fused-ring (bicyclic) bond motifs is 2. The largest absolute Gasteiger partial charge is 0.480 e. The maximum Gasteiger partial charge on any atom is 0.321 e. The van der Waals surface area contributed by atoms with E-state index in [1.54, 1.807) is 6.07 Å². The molecular weight excluding hydrogens is 467 g/mol. The Kier molecular flexibility index (Phi) is 7.47. The van der Waals surface area contributed by atoms with Crippen LogP contribution < -0.4 is 0 Å². The maximum atomic E-state index is 14.2. The fourth-order valence-corrected chi connectivity index (χ4v) is 7.62. The van der Waals surface area contributed by atoms with Crippen molar-refractivity contribution in [3.05, 3.63) is 53.1 Å². The lowest BCUT2D eigenvalue weighted by atomic mass is 9.74. The fourth-order valence-electron chi connectivity index (χ4n) is 7.62. The van der Waals surface area contributed by atoms with Gasteiger partial charge in [0, 0.05) is 30.2 Å². The SMILES string of the molecule is CCc1cc2n(n1)CCC21CCN(CC2CC(N(C)[C@@H](C(=O)O)C(C)C)CC2c2cccc(F)c2)CC1. The van der Waals surface area contributed by atoms with Gasteiger partial charge in [0.05, 0.1) is 5.69 Å². The van der Waals surface area contributed by atoms with Gasteiger partial charge in [-0.15, -0.1) is 0 Å². The Bertz CT molecular complexity index is 1110. The van der Waals surface area contributed by atoms with Gasteiger partial charge in [-0.1, -0.05) is 32.9 Å². The Morgan fingerprint density at radius 2 is 1.92 bits per heavy atom. The number of halogens is 1. The monoisotopic (exact) mass is 510 g/mol. The number of aryl methyl sites for hydroxylation is 2. The van der Waals surface area contributed by atoms with Crippen LogP contribution in [0.15, 0.2) is 30.3 Å². The quantitative estimate of drug-likeness (QED) is 0.546. The van der Waals surface area contributed by atoms with Crippen molar-refractivity contribution in [1.29, 1.82) is 0 Å². The number of hydrogen-bond acceptors (Lipinski definition) is 4. The first kappa shape index (κ1) is 26.4. The summed E-state index contributed by atoms with van der Waals surface area (Å²) >= 11 is 0. The highest BCUT2D eigenvalue weighted by atomic mass is 19.1. The van der Waals surface area contributed by atoms with Gasteiger partial charge < -0.3 is 10.0 Å². The Labute approximate surface area is 220 Å². The Morgan fingerprint density at radius 1 is 1.19 bits per heavy atom. The molecule has 5 rings (SSSR count). The van der Waals surface area contributed by atoms with E-state index in [0.29, 0.717) is 5.92 Å². The average Bonchev–Trinajstić information content (AvgIpc) is 3.55. The molecular formula is C30H43FN4O2. The van der Waals surface area contributed by atoms with Gasteiger partial charge in [-0.25, -0.2) is 4.39 Å². The van der Waals surface area contributed by atoms with Gasteiger partial charge in [0.15, 0.2) is 0 Å². The first-order chi connectivity index (χ1) is 17.7. The molecule has 2 fully saturated rings. The molecule has 0 amide bonds. The highest BCUT2D eigenvalue weighted by Gasteiger charge is 2.45. The van der Waals surface area contributed by atoms with Crippen LogP contribution in [0.1, 0.15) is 75.7 Å². The Hall–Kier alpha value is -2.25. The lowest BCUT2D eigenvalue weighted by molar-refractivity contribution is -0.145. The molecule has 3 aliphatic rings. The molecule has 3 heterocycles. The number of likely N-dealkylation sites (tertiary alicyclic amines) is 1. The van der Waals surface area contributed by atoms with Crippen LogP contribution >= 0.6 is 0 Å². The number of rotatable bonds is 8. The minimum Gasteiger partial charge on any atom is -0.480 e. The van der Waals surface area contributed by atoms with E-state index in [1.807, 2.05) is 27.0 Å². The maximum absolute atomic E-state index is 14.2. The van der Waals surface area contributed by atoms with Crippen molar-refractivity contribution in [2.24, 2.45) is 11.8 Å². The van der Waals surface area contributed by atoms with Crippen molar-refractivity contribution >= 4 is 5.97 Å². The van der Waals surface area contributed by atoms with E-state index in [9.17, 15) is 14.3 Å². The van der Waals surface area contributed by atoms with E-state index in [0.717, 1.165) is 63.8 Å². The number of aliphatic carboxylic acids is 1. The van der Waals surface area contributed by atoms with Gasteiger partial charge in [-0.2, -0.15) is 5.10 Å². The first-order valence-corrected chi connectivity index (χ1v) is 14.2. The predicted molar refractivity (Wildman–Crippen MR) is 143 cm³/mol. The van der Waals surface area contributed by atoms with Crippen molar-refractivity contribution in [1.82, 2.24) is 19.6 Å². The number of aromatic nitrogens is 2. The molecule has 1 aromatic carbocycles. The summed E-state index contributed by atoms with van der Waals surface area (Å²) in [6, 6.07) is 9.07. The molecule has 1 saturated carbocycles. The molecule has 0 radical (unpaired) electrons. The summed E-state index contributed by atoms with van der Waals surface area (Å²) in [5, 5.41) is 14.7. The molecule has 37 heavy (non-hydrogen) atoms. The van der Waals surface area contributed by atoms with Crippen molar-refractivity contribution in [2.45, 2.75) is 89.3 Å². The minimum absolute atomic E-state index is 0.0283. The summed E-state index contributed by atoms with van der Waals surface area (Å²) in [6.07, 6.45) is 6.33. The Balaban J connectivity index is 1.30. The van der Waals surface area contributed by atoms with Crippen LogP contribution in [0, 0.1) is 17.7 Å². The summed E-state index contributed by atoms with van der Waals surface area (Å²) in [6.45, 7) is 10.3. The Morgan fingerprint density at radius 3 is 2.57 bits per heavy atom. The average molecular weight is 511 g/mol. The molecule has 3 unspecified atom stereocenters. The third-order valence-electron chi connectivity index (χ3n) is 9.69. The van der Waals surface area contributed by atoms with E-state index in [2.05, 4.69) is 33.5 Å². The smallest absolute Gasteiger partial charge is 0.321 e. The number of carboxylic acids is 1. The van der Waals surface area contributed by atoms with Crippen molar-refractivity contribution in [3.63, 3.8) is 0 Å². The molecule has 202 valence electrons. The van der Waals surface area contributed by atoms with Crippen LogP contribution in [-0.4, -0.2) is 69.4 Å². The topological polar surface area (TPSA) is 61.6 Å². The van der Waals surface area contributed by atoms with Crippen molar-refractivity contribution < 1.29 is 14.3 Å². The van der Waals surface area contributed by atoms with Crippen LogP contribution in [0.5, 0.6) is 0 Å². The van der Waals surface area contributed by atoms with E-state index >= 15 is 0 Å². The van der Waals surface area contributed by atoms with Crippen molar-refractivity contribution in [3.8, 4) is 0 Å². The zero-order chi connectivity index (χ0) is 26.3. The third kappa shape index (κ3) is 5.09. The van der Waals surface area contributed by atoms with Gasteiger partial charge in [0.2, 0.25) is 0 Å². The van der Waals surface area contributed by atoms with E-state index in [4.69, 9.17) is 5.10 Å². The van der Waals surface area contributed by atoms with Gasteiger partial charge in [0.25, 0.3) is 0 Å². The summed E-state index contributed by atoms with van der Waals surface area (Å²) in [5.41, 5.74) is 3.97. The van der Waals surface area contributed by atoms with E-state index in [1.165, 1.54) is 23.9 Å². The summed E-state index contributed by atoms with van der Waals surface area (Å²) in [5.74, 6) is -0.304. The highest BCUT2D eigenvalue weighted by Crippen LogP contribution is 2.46. The molecule has 0 bridgehead atoms. The van der Waals surface area contributed by atoms with Gasteiger partial charge >= 0.3 is 5.97 Å². The zero-order valence-corrected chi connectivity index (χ0v) is 22.9. The summed E-state index contributed by atoms with van der Waals surface area (Å²) < 4.78 is 16.5. The number of piperidine rings is 1. The molecule has 1 saturated heterocycles. The fraction of sp³-hybridized carbons (Fsp3) is 0.667. The van der Waals surface area contributed by atoms with Crippen molar-refractivity contribution in [2.75, 3.05) is 26.7 Å². The highest BCUT2D eigenvalue weighted by molar-refractivity contribution is 5.73. The molecule has 4 atom stereocenters. The number of hydrogen-bond donors (Lipinski definition) is 1. The van der Waals surface area contributed by atoms with Crippen LogP contribution in [0.2, 0.25) is 0 Å². The molecule has 1 spiro atoms. The second-order valence-electron chi connectivity index (χ2n) is 12.2. The minimum atomic E-state index is -0.758. The van der Waals surface area contributed by atoms with Gasteiger partial charge in [0.1, 0.15) is 11.9 Å². The van der Waals surface area contributed by atoms with E-state index in [-0.39, 0.29) is 29.1 Å². The van der Waals surface area contributed by atoms with Crippen LogP contribution in [0.3, 0.4) is 0 Å². The van der Waals surface area contributed by atoms with E-state index < -0.39 is 12.0 Å². The molecule has 6 nitrogen and oxygen atoms in total. The molecule has 1 aliphatic carbocycles. The standard InChI is InChI=1S/C30H43FN4O2/c1-5-24-17-27-30(11-14-35(27)32-24)9-12-34(13-10-30)19-22-16-25(33(4)28(20(2)3)29(36)37)18-26(22)21-7-6-8-23(31)15-21/h6-8,15,17,20,22,25-26,28H,5,9-14,16,18-19H2,1-4H3,(H,36,37)/t22?,25?,26?,28-/m1/s1. The van der Waals surface area contributed by atoms with Gasteiger partial charge in [-0.3, -0.25) is 14.4 Å². The number of likely N-dealkylation sites (N-methyl/N-ethyl adjacent to an activating group) is 1. The predicted octanol–water partition coefficient (Wildman–Crippen LogP) is 4.93. The molecule has 7 heteroatoms. The molecule has 1 aromatic heterocycles. The second-order valence-corrected chi connectivity index (χ2v) is 12.2. The molecule has 2 aromatic rings. The lowest BCUT2D eigenvalue weighted by Gasteiger charge is -2.40. The van der Waals surface area contributed by atoms with Crippen LogP contribution in [0.4, 0.5) is 4.39 Å². The third-order valence-corrected chi connectivity index (χ3v) is 9.69. The second kappa shape index (κ2) is 10.5. The summed E-state index contributed by atoms with van der Waals surface area (Å²) in [4.78, 5) is 16.8. The molecule has 2 aliphatic heterocycles. The zero-order valence-electron chi connectivity index (χ0n) is 22.9. The lowest BCUT2D eigenvalue weighted by Crippen LogP contribution is -2.47. The first-order valence-electron chi connectivity index (χ1n) is 14.2. The number of benzene rings is 1. The van der Waals surface area contributed by atoms with Gasteiger partial charge in [-0.05, 0) is 100 Å². The number of carboxylic acid groups (broad SMARTS) is 1. The molecule has 1 N–H and O–H groups in total. The van der Waals surface area contributed by atoms with Crippen LogP contribution in [0.25, 0.3) is 0 Å². The number of carbonyl (C=O) groups is 1. The van der Waals surface area contributed by atoms with Crippen LogP contribution in [-0.2, 0) is 23.2 Å². The normalized spacial score (nSPS) is 26.3. The summed E-state index contributed by atoms with van der Waals surface area (Å²) in [7, 11) is 1.97.